The number of rotatable bonds is 7. The Balaban J connectivity index is 2.34. The molecule has 0 saturated heterocycles. The highest BCUT2D eigenvalue weighted by atomic mass is 32.2. The molecule has 0 saturated carbocycles. The van der Waals surface area contributed by atoms with Gasteiger partial charge in [0.25, 0.3) is 0 Å². The molecule has 2 unspecified atom stereocenters. The molecule has 0 fully saturated rings. The molecule has 0 aliphatic heterocycles. The lowest BCUT2D eigenvalue weighted by Gasteiger charge is -2.14. The Morgan fingerprint density at radius 3 is 2.43 bits per heavy atom. The van der Waals surface area contributed by atoms with E-state index >= 15 is 0 Å². The number of hydrogen-bond donors (Lipinski definition) is 1. The summed E-state index contributed by atoms with van der Waals surface area (Å²) in [4.78, 5) is 11.8. The van der Waals surface area contributed by atoms with Crippen LogP contribution in [0.5, 0.6) is 0 Å². The molecule has 1 amide bonds. The van der Waals surface area contributed by atoms with Crippen LogP contribution >= 0.6 is 0 Å². The van der Waals surface area contributed by atoms with Gasteiger partial charge in [0.1, 0.15) is 0 Å². The Morgan fingerprint density at radius 2 is 1.90 bits per heavy atom. The van der Waals surface area contributed by atoms with E-state index in [0.717, 1.165) is 0 Å². The van der Waals surface area contributed by atoms with Crippen molar-refractivity contribution in [3.8, 4) is 6.07 Å². The molecule has 2 atom stereocenters. The summed E-state index contributed by atoms with van der Waals surface area (Å²) in [5.41, 5.74) is 1.24. The number of nitriles is 1. The van der Waals surface area contributed by atoms with Crippen molar-refractivity contribution in [2.45, 2.75) is 38.9 Å². The molecule has 1 N–H and O–H groups in total. The van der Waals surface area contributed by atoms with E-state index in [2.05, 4.69) is 19.2 Å². The summed E-state index contributed by atoms with van der Waals surface area (Å²) in [5.74, 6) is 0.854. The number of hydrogen-bond acceptors (Lipinski definition) is 3. The SMILES string of the molecule is CC(C)C(C)S(=O)CCCC(=O)Nc1ccc(C#N)cc1. The summed E-state index contributed by atoms with van der Waals surface area (Å²) in [6.07, 6.45) is 0.975. The summed E-state index contributed by atoms with van der Waals surface area (Å²) in [6.45, 7) is 6.10. The van der Waals surface area contributed by atoms with Crippen LogP contribution in [0.3, 0.4) is 0 Å². The molecular formula is C16H22N2O2S. The topological polar surface area (TPSA) is 70.0 Å². The zero-order valence-corrected chi connectivity index (χ0v) is 13.6. The second-order valence-electron chi connectivity index (χ2n) is 5.37. The monoisotopic (exact) mass is 306 g/mol. The minimum Gasteiger partial charge on any atom is -0.326 e. The predicted octanol–water partition coefficient (Wildman–Crippen LogP) is 3.07. The minimum atomic E-state index is -0.878. The first-order valence-corrected chi connectivity index (χ1v) is 8.49. The average molecular weight is 306 g/mol. The van der Waals surface area contributed by atoms with E-state index in [4.69, 9.17) is 5.26 Å². The standard InChI is InChI=1S/C16H22N2O2S/c1-12(2)13(3)21(20)10-4-5-16(19)18-15-8-6-14(11-17)7-9-15/h6-9,12-13H,4-5,10H2,1-3H3,(H,18,19). The summed E-state index contributed by atoms with van der Waals surface area (Å²) >= 11 is 0. The summed E-state index contributed by atoms with van der Waals surface area (Å²) in [7, 11) is -0.878. The number of benzene rings is 1. The fraction of sp³-hybridized carbons (Fsp3) is 0.500. The largest absolute Gasteiger partial charge is 0.326 e. The van der Waals surface area contributed by atoms with Gasteiger partial charge in [0.2, 0.25) is 5.91 Å². The first-order chi connectivity index (χ1) is 9.93. The van der Waals surface area contributed by atoms with Crippen molar-refractivity contribution in [1.29, 1.82) is 5.26 Å². The van der Waals surface area contributed by atoms with Crippen LogP contribution in [0.25, 0.3) is 0 Å². The van der Waals surface area contributed by atoms with E-state index in [1.165, 1.54) is 0 Å². The number of nitrogens with one attached hydrogen (secondary N) is 1. The number of carbonyl (C=O) groups is 1. The molecule has 0 bridgehead atoms. The molecule has 0 radical (unpaired) electrons. The van der Waals surface area contributed by atoms with Gasteiger partial charge in [-0.2, -0.15) is 5.26 Å². The fourth-order valence-electron chi connectivity index (χ4n) is 1.72. The van der Waals surface area contributed by atoms with Crippen molar-refractivity contribution < 1.29 is 9.00 Å². The van der Waals surface area contributed by atoms with E-state index in [-0.39, 0.29) is 11.2 Å². The van der Waals surface area contributed by atoms with E-state index in [9.17, 15) is 9.00 Å². The van der Waals surface area contributed by atoms with E-state index in [1.54, 1.807) is 24.3 Å². The molecule has 1 aromatic rings. The third kappa shape index (κ3) is 6.09. The Morgan fingerprint density at radius 1 is 1.29 bits per heavy atom. The highest BCUT2D eigenvalue weighted by Gasteiger charge is 2.15. The number of nitrogens with zero attached hydrogens (tertiary/aromatic N) is 1. The van der Waals surface area contributed by atoms with Gasteiger partial charge in [0.15, 0.2) is 0 Å². The summed E-state index contributed by atoms with van der Waals surface area (Å²) in [6, 6.07) is 8.76. The Kier molecular flexibility index (Phi) is 7.10. The van der Waals surface area contributed by atoms with Crippen LogP contribution in [0.15, 0.2) is 24.3 Å². The predicted molar refractivity (Wildman–Crippen MR) is 86.3 cm³/mol. The van der Waals surface area contributed by atoms with Crippen LogP contribution in [0.1, 0.15) is 39.2 Å². The van der Waals surface area contributed by atoms with Gasteiger partial charge in [-0.3, -0.25) is 9.00 Å². The molecule has 0 spiro atoms. The van der Waals surface area contributed by atoms with Crippen molar-refractivity contribution in [2.24, 2.45) is 5.92 Å². The maximum absolute atomic E-state index is 11.9. The van der Waals surface area contributed by atoms with Crippen LogP contribution in [0, 0.1) is 17.2 Å². The van der Waals surface area contributed by atoms with Gasteiger partial charge in [-0.1, -0.05) is 20.8 Å². The Hall–Kier alpha value is -1.67. The van der Waals surface area contributed by atoms with Gasteiger partial charge in [0.05, 0.1) is 11.6 Å². The van der Waals surface area contributed by atoms with Crippen molar-refractivity contribution in [2.75, 3.05) is 11.1 Å². The zero-order chi connectivity index (χ0) is 15.8. The quantitative estimate of drug-likeness (QED) is 0.841. The lowest BCUT2D eigenvalue weighted by Crippen LogP contribution is -2.21. The average Bonchev–Trinajstić information content (AvgIpc) is 2.46. The van der Waals surface area contributed by atoms with Gasteiger partial charge in [0, 0.05) is 33.9 Å². The molecule has 1 rings (SSSR count). The highest BCUT2D eigenvalue weighted by Crippen LogP contribution is 2.12. The lowest BCUT2D eigenvalue weighted by atomic mass is 10.2. The normalized spacial score (nSPS) is 13.5. The molecule has 5 heteroatoms. The molecule has 0 aromatic heterocycles. The molecule has 0 heterocycles. The first kappa shape index (κ1) is 17.4. The van der Waals surface area contributed by atoms with Gasteiger partial charge < -0.3 is 5.32 Å². The van der Waals surface area contributed by atoms with Crippen molar-refractivity contribution in [3.63, 3.8) is 0 Å². The number of carbonyl (C=O) groups excluding carboxylic acids is 1. The lowest BCUT2D eigenvalue weighted by molar-refractivity contribution is -0.116. The van der Waals surface area contributed by atoms with E-state index < -0.39 is 10.8 Å². The smallest absolute Gasteiger partial charge is 0.224 e. The van der Waals surface area contributed by atoms with Crippen LogP contribution < -0.4 is 5.32 Å². The molecular weight excluding hydrogens is 284 g/mol. The molecule has 1 aromatic carbocycles. The van der Waals surface area contributed by atoms with E-state index in [1.807, 2.05) is 13.0 Å². The summed E-state index contributed by atoms with van der Waals surface area (Å²) < 4.78 is 11.9. The zero-order valence-electron chi connectivity index (χ0n) is 12.8. The van der Waals surface area contributed by atoms with Gasteiger partial charge >= 0.3 is 0 Å². The number of amides is 1. The van der Waals surface area contributed by atoms with Gasteiger partial charge in [-0.15, -0.1) is 0 Å². The second-order valence-corrected chi connectivity index (χ2v) is 7.29. The van der Waals surface area contributed by atoms with Crippen LogP contribution in [-0.2, 0) is 15.6 Å². The Labute approximate surface area is 129 Å². The fourth-order valence-corrected chi connectivity index (χ4v) is 3.12. The molecule has 114 valence electrons. The van der Waals surface area contributed by atoms with Crippen molar-refractivity contribution in [3.05, 3.63) is 29.8 Å². The van der Waals surface area contributed by atoms with Gasteiger partial charge in [-0.25, -0.2) is 0 Å². The molecule has 0 aliphatic rings. The van der Waals surface area contributed by atoms with Crippen molar-refractivity contribution in [1.82, 2.24) is 0 Å². The van der Waals surface area contributed by atoms with Crippen LogP contribution in [-0.4, -0.2) is 21.1 Å². The minimum absolute atomic E-state index is 0.0890. The third-order valence-electron chi connectivity index (χ3n) is 3.40. The second kappa shape index (κ2) is 8.58. The molecule has 0 aliphatic carbocycles. The molecule has 21 heavy (non-hydrogen) atoms. The maximum atomic E-state index is 11.9. The third-order valence-corrected chi connectivity index (χ3v) is 5.47. The van der Waals surface area contributed by atoms with Crippen LogP contribution in [0.4, 0.5) is 5.69 Å². The first-order valence-electron chi connectivity index (χ1n) is 7.11. The number of anilines is 1. The summed E-state index contributed by atoms with van der Waals surface area (Å²) in [5, 5.41) is 11.6. The van der Waals surface area contributed by atoms with Crippen molar-refractivity contribution >= 4 is 22.4 Å². The molecule has 4 nitrogen and oxygen atoms in total. The Bertz CT molecular complexity index is 532. The van der Waals surface area contributed by atoms with Gasteiger partial charge in [-0.05, 0) is 36.6 Å². The maximum Gasteiger partial charge on any atom is 0.224 e. The van der Waals surface area contributed by atoms with E-state index in [0.29, 0.717) is 35.8 Å². The van der Waals surface area contributed by atoms with Crippen LogP contribution in [0.2, 0.25) is 0 Å². The highest BCUT2D eigenvalue weighted by molar-refractivity contribution is 7.85.